The van der Waals surface area contributed by atoms with E-state index in [9.17, 15) is 5.11 Å². The molecular formula is C17H17ClO3. The molecule has 0 saturated heterocycles. The van der Waals surface area contributed by atoms with E-state index < -0.39 is 0 Å². The predicted molar refractivity (Wildman–Crippen MR) is 82.6 cm³/mol. The molecule has 1 aliphatic heterocycles. The topological polar surface area (TPSA) is 38.7 Å². The molecule has 1 heterocycles. The summed E-state index contributed by atoms with van der Waals surface area (Å²) in [5.74, 6) is 2.13. The third-order valence-electron chi connectivity index (χ3n) is 3.70. The van der Waals surface area contributed by atoms with Crippen molar-refractivity contribution in [2.75, 3.05) is 13.2 Å². The maximum absolute atomic E-state index is 9.43. The van der Waals surface area contributed by atoms with E-state index in [0.717, 1.165) is 23.5 Å². The first-order valence-electron chi connectivity index (χ1n) is 6.99. The average molecular weight is 305 g/mol. The number of fused-ring (bicyclic) bond motifs is 1. The minimum absolute atomic E-state index is 0.0830. The molecule has 4 heteroatoms. The molecule has 1 atom stereocenters. The van der Waals surface area contributed by atoms with E-state index in [0.29, 0.717) is 17.4 Å². The van der Waals surface area contributed by atoms with Gasteiger partial charge in [-0.2, -0.15) is 0 Å². The minimum atomic E-state index is 0.0830. The van der Waals surface area contributed by atoms with Gasteiger partial charge in [0, 0.05) is 17.5 Å². The lowest BCUT2D eigenvalue weighted by molar-refractivity contribution is 0.204. The van der Waals surface area contributed by atoms with E-state index >= 15 is 0 Å². The van der Waals surface area contributed by atoms with Crippen molar-refractivity contribution in [1.29, 1.82) is 0 Å². The Bertz CT molecular complexity index is 637. The predicted octanol–water partition coefficient (Wildman–Crippen LogP) is 4.30. The summed E-state index contributed by atoms with van der Waals surface area (Å²) in [6, 6.07) is 11.4. The lowest BCUT2D eigenvalue weighted by Gasteiger charge is -2.25. The third-order valence-corrected chi connectivity index (χ3v) is 3.99. The molecular weight excluding hydrogens is 288 g/mol. The largest absolute Gasteiger partial charge is 0.493 e. The van der Waals surface area contributed by atoms with Crippen molar-refractivity contribution < 1.29 is 14.6 Å². The van der Waals surface area contributed by atoms with Crippen LogP contribution < -0.4 is 9.47 Å². The van der Waals surface area contributed by atoms with E-state index in [1.807, 2.05) is 37.3 Å². The number of ether oxygens (including phenoxy) is 2. The van der Waals surface area contributed by atoms with Crippen molar-refractivity contribution in [1.82, 2.24) is 0 Å². The van der Waals surface area contributed by atoms with Gasteiger partial charge < -0.3 is 14.6 Å². The highest BCUT2D eigenvalue weighted by Crippen LogP contribution is 2.41. The molecule has 21 heavy (non-hydrogen) atoms. The number of hydrogen-bond donors (Lipinski definition) is 1. The van der Waals surface area contributed by atoms with Crippen LogP contribution >= 0.6 is 11.6 Å². The van der Waals surface area contributed by atoms with Crippen LogP contribution in [0.4, 0.5) is 0 Å². The van der Waals surface area contributed by atoms with Crippen LogP contribution in [0.5, 0.6) is 17.2 Å². The number of aliphatic hydroxyl groups excluding tert-OH is 1. The first kappa shape index (κ1) is 14.2. The average Bonchev–Trinajstić information content (AvgIpc) is 2.50. The molecule has 0 aromatic heterocycles. The first-order chi connectivity index (χ1) is 10.2. The van der Waals surface area contributed by atoms with Gasteiger partial charge in [-0.3, -0.25) is 0 Å². The highest BCUT2D eigenvalue weighted by atomic mass is 35.5. The van der Waals surface area contributed by atoms with Gasteiger partial charge in [-0.1, -0.05) is 29.3 Å². The number of benzene rings is 2. The quantitative estimate of drug-likeness (QED) is 0.919. The van der Waals surface area contributed by atoms with Crippen LogP contribution in [0.2, 0.25) is 5.02 Å². The van der Waals surface area contributed by atoms with Crippen molar-refractivity contribution >= 4 is 11.6 Å². The lowest BCUT2D eigenvalue weighted by atomic mass is 9.94. The molecule has 0 aliphatic carbocycles. The SMILES string of the molecule is Cc1ccc(Oc2cc3c(cc2Cl)C(CO)CCO3)cc1. The van der Waals surface area contributed by atoms with Gasteiger partial charge in [0.05, 0.1) is 18.2 Å². The van der Waals surface area contributed by atoms with Crippen LogP contribution in [0.25, 0.3) is 0 Å². The summed E-state index contributed by atoms with van der Waals surface area (Å²) >= 11 is 6.30. The summed E-state index contributed by atoms with van der Waals surface area (Å²) in [5.41, 5.74) is 2.12. The van der Waals surface area contributed by atoms with E-state index in [1.165, 1.54) is 5.56 Å². The zero-order chi connectivity index (χ0) is 14.8. The molecule has 1 unspecified atom stereocenters. The second kappa shape index (κ2) is 5.96. The molecule has 1 N–H and O–H groups in total. The van der Waals surface area contributed by atoms with Crippen LogP contribution in [-0.2, 0) is 0 Å². The van der Waals surface area contributed by atoms with Gasteiger partial charge >= 0.3 is 0 Å². The summed E-state index contributed by atoms with van der Waals surface area (Å²) in [4.78, 5) is 0. The molecule has 0 amide bonds. The standard InChI is InChI=1S/C17H17ClO3/c1-11-2-4-13(5-3-11)21-17-9-16-14(8-15(17)18)12(10-19)6-7-20-16/h2-5,8-9,12,19H,6-7,10H2,1H3. The van der Waals surface area contributed by atoms with Crippen molar-refractivity contribution in [3.63, 3.8) is 0 Å². The second-order valence-electron chi connectivity index (χ2n) is 5.25. The van der Waals surface area contributed by atoms with E-state index in [-0.39, 0.29) is 12.5 Å². The Balaban J connectivity index is 1.91. The molecule has 3 nitrogen and oxygen atoms in total. The van der Waals surface area contributed by atoms with Crippen molar-refractivity contribution in [3.05, 3.63) is 52.5 Å². The van der Waals surface area contributed by atoms with Crippen molar-refractivity contribution in [2.45, 2.75) is 19.3 Å². The Morgan fingerprint density at radius 3 is 2.76 bits per heavy atom. The van der Waals surface area contributed by atoms with Crippen LogP contribution in [0.1, 0.15) is 23.5 Å². The molecule has 0 bridgehead atoms. The number of rotatable bonds is 3. The lowest BCUT2D eigenvalue weighted by Crippen LogP contribution is -2.16. The Morgan fingerprint density at radius 1 is 1.29 bits per heavy atom. The zero-order valence-corrected chi connectivity index (χ0v) is 12.6. The summed E-state index contributed by atoms with van der Waals surface area (Å²) in [6.45, 7) is 2.73. The first-order valence-corrected chi connectivity index (χ1v) is 7.37. The fraction of sp³-hybridized carbons (Fsp3) is 0.294. The van der Waals surface area contributed by atoms with Crippen molar-refractivity contribution in [3.8, 4) is 17.2 Å². The molecule has 110 valence electrons. The van der Waals surface area contributed by atoms with Gasteiger partial charge in [-0.25, -0.2) is 0 Å². The molecule has 0 spiro atoms. The number of aryl methyl sites for hydroxylation is 1. The fourth-order valence-corrected chi connectivity index (χ4v) is 2.67. The van der Waals surface area contributed by atoms with Gasteiger partial charge in [0.25, 0.3) is 0 Å². The van der Waals surface area contributed by atoms with Crippen LogP contribution in [0.15, 0.2) is 36.4 Å². The Hall–Kier alpha value is -1.71. The second-order valence-corrected chi connectivity index (χ2v) is 5.66. The highest BCUT2D eigenvalue weighted by Gasteiger charge is 2.23. The van der Waals surface area contributed by atoms with Gasteiger partial charge in [0.2, 0.25) is 0 Å². The molecule has 2 aromatic rings. The molecule has 0 fully saturated rings. The van der Waals surface area contributed by atoms with Crippen LogP contribution in [0, 0.1) is 6.92 Å². The fourth-order valence-electron chi connectivity index (χ4n) is 2.46. The smallest absolute Gasteiger partial charge is 0.149 e. The highest BCUT2D eigenvalue weighted by molar-refractivity contribution is 6.32. The molecule has 1 aliphatic rings. The van der Waals surface area contributed by atoms with Gasteiger partial charge in [0.15, 0.2) is 0 Å². The van der Waals surface area contributed by atoms with Gasteiger partial charge in [0.1, 0.15) is 17.2 Å². The molecule has 3 rings (SSSR count). The Morgan fingerprint density at radius 2 is 2.05 bits per heavy atom. The zero-order valence-electron chi connectivity index (χ0n) is 11.8. The maximum Gasteiger partial charge on any atom is 0.149 e. The monoisotopic (exact) mass is 304 g/mol. The number of halogens is 1. The van der Waals surface area contributed by atoms with E-state index in [1.54, 1.807) is 6.07 Å². The molecule has 0 saturated carbocycles. The van der Waals surface area contributed by atoms with Crippen LogP contribution in [-0.4, -0.2) is 18.3 Å². The van der Waals surface area contributed by atoms with E-state index in [4.69, 9.17) is 21.1 Å². The van der Waals surface area contributed by atoms with Gasteiger partial charge in [-0.05, 0) is 31.5 Å². The number of hydrogen-bond acceptors (Lipinski definition) is 3. The van der Waals surface area contributed by atoms with Crippen LogP contribution in [0.3, 0.4) is 0 Å². The minimum Gasteiger partial charge on any atom is -0.493 e. The summed E-state index contributed by atoms with van der Waals surface area (Å²) in [5, 5.41) is 9.96. The molecule has 2 aromatic carbocycles. The summed E-state index contributed by atoms with van der Waals surface area (Å²) < 4.78 is 11.5. The number of aliphatic hydroxyl groups is 1. The van der Waals surface area contributed by atoms with Gasteiger partial charge in [-0.15, -0.1) is 0 Å². The molecule has 0 radical (unpaired) electrons. The Kier molecular flexibility index (Phi) is 4.04. The Labute approximate surface area is 129 Å². The third kappa shape index (κ3) is 2.99. The normalized spacial score (nSPS) is 17.0. The van der Waals surface area contributed by atoms with E-state index in [2.05, 4.69) is 0 Å². The summed E-state index contributed by atoms with van der Waals surface area (Å²) in [6.07, 6.45) is 0.804. The summed E-state index contributed by atoms with van der Waals surface area (Å²) in [7, 11) is 0. The van der Waals surface area contributed by atoms with Crippen molar-refractivity contribution in [2.24, 2.45) is 0 Å². The maximum atomic E-state index is 9.43.